The first kappa shape index (κ1) is 24.0. The summed E-state index contributed by atoms with van der Waals surface area (Å²) in [5, 5.41) is 5.20. The van der Waals surface area contributed by atoms with Gasteiger partial charge in [-0.15, -0.1) is 0 Å². The Labute approximate surface area is 214 Å². The number of benzene rings is 4. The Morgan fingerprint density at radius 2 is 1.75 bits per heavy atom. The monoisotopic (exact) mass is 522 g/mol. The number of sulfonamides is 1. The summed E-state index contributed by atoms with van der Waals surface area (Å²) in [6.07, 6.45) is -1.05. The Kier molecular flexibility index (Phi) is 6.71. The average Bonchev–Trinajstić information content (AvgIpc) is 2.91. The lowest BCUT2D eigenvalue weighted by Crippen LogP contribution is -2.51. The van der Waals surface area contributed by atoms with Crippen LogP contribution >= 0.6 is 11.6 Å². The molecule has 5 rings (SSSR count). The number of nitrogens with one attached hydrogen (secondary N) is 1. The van der Waals surface area contributed by atoms with E-state index >= 15 is 0 Å². The van der Waals surface area contributed by atoms with Crippen LogP contribution in [0.1, 0.15) is 0 Å². The molecular formula is C27H23ClN2O5S. The van der Waals surface area contributed by atoms with E-state index in [1.807, 2.05) is 42.5 Å². The molecule has 1 amide bonds. The van der Waals surface area contributed by atoms with E-state index in [1.54, 1.807) is 30.3 Å². The molecule has 1 heterocycles. The second kappa shape index (κ2) is 10.1. The highest BCUT2D eigenvalue weighted by Gasteiger charge is 2.37. The van der Waals surface area contributed by atoms with Gasteiger partial charge in [-0.2, -0.15) is 0 Å². The number of anilines is 1. The van der Waals surface area contributed by atoms with E-state index in [4.69, 9.17) is 21.1 Å². The number of rotatable bonds is 7. The van der Waals surface area contributed by atoms with Crippen LogP contribution in [0, 0.1) is 0 Å². The number of hydrogen-bond acceptors (Lipinski definition) is 5. The van der Waals surface area contributed by atoms with Crippen molar-refractivity contribution >= 4 is 44.0 Å². The predicted molar refractivity (Wildman–Crippen MR) is 139 cm³/mol. The third-order valence-corrected chi connectivity index (χ3v) is 7.85. The first-order chi connectivity index (χ1) is 17.4. The standard InChI is InChI=1S/C27H23ClN2O5S/c28-20-13-14-25-23(17-20)30(36(32,33)21-9-2-1-3-10-21)18-26(35-25)27(31)29-15-16-34-24-12-6-8-19-7-4-5-11-22(19)24/h1-14,17,26H,15-16,18H2,(H,29,31)/t26-/m0/s1. The summed E-state index contributed by atoms with van der Waals surface area (Å²) >= 11 is 6.14. The average molecular weight is 523 g/mol. The molecule has 0 aliphatic carbocycles. The van der Waals surface area contributed by atoms with Crippen molar-refractivity contribution < 1.29 is 22.7 Å². The van der Waals surface area contributed by atoms with Crippen LogP contribution in [0.3, 0.4) is 0 Å². The first-order valence-corrected chi connectivity index (χ1v) is 13.2. The summed E-state index contributed by atoms with van der Waals surface area (Å²) in [5.74, 6) is 0.546. The lowest BCUT2D eigenvalue weighted by atomic mass is 10.1. The van der Waals surface area contributed by atoms with Gasteiger partial charge >= 0.3 is 0 Å². The molecule has 0 unspecified atom stereocenters. The van der Waals surface area contributed by atoms with Gasteiger partial charge in [0.05, 0.1) is 23.7 Å². The highest BCUT2D eigenvalue weighted by molar-refractivity contribution is 7.92. The molecule has 36 heavy (non-hydrogen) atoms. The minimum Gasteiger partial charge on any atom is -0.491 e. The Bertz CT molecular complexity index is 1510. The van der Waals surface area contributed by atoms with Crippen LogP contribution in [0.2, 0.25) is 5.02 Å². The largest absolute Gasteiger partial charge is 0.491 e. The molecule has 4 aromatic rings. The van der Waals surface area contributed by atoms with Gasteiger partial charge in [-0.1, -0.05) is 66.2 Å². The minimum atomic E-state index is -3.95. The molecule has 0 fully saturated rings. The quantitative estimate of drug-likeness (QED) is 0.357. The third-order valence-electron chi connectivity index (χ3n) is 5.82. The van der Waals surface area contributed by atoms with Crippen LogP contribution in [0.15, 0.2) is 95.9 Å². The van der Waals surface area contributed by atoms with Gasteiger partial charge < -0.3 is 14.8 Å². The topological polar surface area (TPSA) is 84.9 Å². The maximum absolute atomic E-state index is 13.4. The van der Waals surface area contributed by atoms with Gasteiger partial charge in [0.25, 0.3) is 15.9 Å². The molecule has 1 N–H and O–H groups in total. The molecule has 0 radical (unpaired) electrons. The Hall–Kier alpha value is -3.75. The molecule has 1 aliphatic rings. The molecule has 0 aromatic heterocycles. The van der Waals surface area contributed by atoms with Crippen molar-refractivity contribution in [2.75, 3.05) is 24.0 Å². The first-order valence-electron chi connectivity index (χ1n) is 11.4. The molecule has 1 aliphatic heterocycles. The van der Waals surface area contributed by atoms with Crippen LogP contribution in [0.25, 0.3) is 10.8 Å². The highest BCUT2D eigenvalue weighted by atomic mass is 35.5. The Morgan fingerprint density at radius 3 is 2.58 bits per heavy atom. The van der Waals surface area contributed by atoms with Crippen LogP contribution < -0.4 is 19.1 Å². The van der Waals surface area contributed by atoms with Crippen molar-refractivity contribution in [2.24, 2.45) is 0 Å². The predicted octanol–water partition coefficient (Wildman–Crippen LogP) is 4.64. The van der Waals surface area contributed by atoms with Crippen molar-refractivity contribution in [1.82, 2.24) is 5.32 Å². The van der Waals surface area contributed by atoms with Gasteiger partial charge in [0.15, 0.2) is 6.10 Å². The van der Waals surface area contributed by atoms with Gasteiger partial charge in [-0.3, -0.25) is 9.10 Å². The summed E-state index contributed by atoms with van der Waals surface area (Å²) in [6, 6.07) is 26.4. The second-order valence-corrected chi connectivity index (χ2v) is 10.5. The number of amides is 1. The second-order valence-electron chi connectivity index (χ2n) is 8.18. The summed E-state index contributed by atoms with van der Waals surface area (Å²) in [7, 11) is -3.95. The summed E-state index contributed by atoms with van der Waals surface area (Å²) in [4.78, 5) is 13.1. The zero-order valence-electron chi connectivity index (χ0n) is 19.1. The van der Waals surface area contributed by atoms with E-state index < -0.39 is 22.0 Å². The fourth-order valence-electron chi connectivity index (χ4n) is 4.08. The van der Waals surface area contributed by atoms with Crippen molar-refractivity contribution in [1.29, 1.82) is 0 Å². The zero-order valence-corrected chi connectivity index (χ0v) is 20.7. The number of hydrogen-bond donors (Lipinski definition) is 1. The van der Waals surface area contributed by atoms with Crippen molar-refractivity contribution in [3.8, 4) is 11.5 Å². The van der Waals surface area contributed by atoms with Gasteiger partial charge in [-0.25, -0.2) is 8.42 Å². The minimum absolute atomic E-state index is 0.112. The molecule has 7 nitrogen and oxygen atoms in total. The smallest absolute Gasteiger partial charge is 0.264 e. The summed E-state index contributed by atoms with van der Waals surface area (Å²) in [5.41, 5.74) is 0.287. The zero-order chi connectivity index (χ0) is 25.1. The lowest BCUT2D eigenvalue weighted by molar-refractivity contribution is -0.127. The van der Waals surface area contributed by atoms with Crippen molar-refractivity contribution in [3.05, 3.63) is 96.0 Å². The van der Waals surface area contributed by atoms with Gasteiger partial charge in [-0.05, 0) is 41.8 Å². The van der Waals surface area contributed by atoms with E-state index in [0.29, 0.717) is 5.02 Å². The van der Waals surface area contributed by atoms with E-state index in [1.165, 1.54) is 22.5 Å². The maximum Gasteiger partial charge on any atom is 0.264 e. The third kappa shape index (κ3) is 4.82. The highest BCUT2D eigenvalue weighted by Crippen LogP contribution is 2.38. The number of carbonyl (C=O) groups excluding carboxylic acids is 1. The molecule has 4 aromatic carbocycles. The molecule has 0 saturated carbocycles. The van der Waals surface area contributed by atoms with Crippen LogP contribution in [0.5, 0.6) is 11.5 Å². The van der Waals surface area contributed by atoms with E-state index in [0.717, 1.165) is 16.5 Å². The molecule has 0 saturated heterocycles. The lowest BCUT2D eigenvalue weighted by Gasteiger charge is -2.34. The molecule has 9 heteroatoms. The number of ether oxygens (including phenoxy) is 2. The van der Waals surface area contributed by atoms with Crippen molar-refractivity contribution in [3.63, 3.8) is 0 Å². The normalized spacial score (nSPS) is 15.1. The number of carbonyl (C=O) groups is 1. The molecule has 0 spiro atoms. The fourth-order valence-corrected chi connectivity index (χ4v) is 5.73. The Morgan fingerprint density at radius 1 is 1.00 bits per heavy atom. The number of halogens is 1. The van der Waals surface area contributed by atoms with Gasteiger partial charge in [0, 0.05) is 10.4 Å². The summed E-state index contributed by atoms with van der Waals surface area (Å²) < 4.78 is 39.8. The van der Waals surface area contributed by atoms with E-state index in [2.05, 4.69) is 5.32 Å². The molecule has 1 atom stereocenters. The molecular weight excluding hydrogens is 500 g/mol. The van der Waals surface area contributed by atoms with Crippen LogP contribution in [-0.4, -0.2) is 40.1 Å². The summed E-state index contributed by atoms with van der Waals surface area (Å²) in [6.45, 7) is 0.270. The van der Waals surface area contributed by atoms with Crippen LogP contribution in [-0.2, 0) is 14.8 Å². The van der Waals surface area contributed by atoms with Gasteiger partial charge in [0.1, 0.15) is 18.1 Å². The van der Waals surface area contributed by atoms with Crippen molar-refractivity contribution in [2.45, 2.75) is 11.0 Å². The SMILES string of the molecule is O=C(NCCOc1cccc2ccccc12)[C@@H]1CN(S(=O)(=O)c2ccccc2)c2cc(Cl)ccc2O1. The van der Waals surface area contributed by atoms with Gasteiger partial charge in [0.2, 0.25) is 0 Å². The number of nitrogens with zero attached hydrogens (tertiary/aromatic N) is 1. The number of fused-ring (bicyclic) bond motifs is 2. The molecule has 0 bridgehead atoms. The Balaban J connectivity index is 1.29. The van der Waals surface area contributed by atoms with E-state index in [9.17, 15) is 13.2 Å². The van der Waals surface area contributed by atoms with Crippen LogP contribution in [0.4, 0.5) is 5.69 Å². The van der Waals surface area contributed by atoms with E-state index in [-0.39, 0.29) is 36.0 Å². The fraction of sp³-hybridized carbons (Fsp3) is 0.148. The molecule has 184 valence electrons. The maximum atomic E-state index is 13.4.